The summed E-state index contributed by atoms with van der Waals surface area (Å²) in [5.41, 5.74) is 1.33. The summed E-state index contributed by atoms with van der Waals surface area (Å²) in [6.45, 7) is 0. The van der Waals surface area contributed by atoms with E-state index in [1.165, 1.54) is 29.2 Å². The van der Waals surface area contributed by atoms with Crippen molar-refractivity contribution >= 4 is 70.5 Å². The van der Waals surface area contributed by atoms with Gasteiger partial charge in [-0.2, -0.15) is 0 Å². The van der Waals surface area contributed by atoms with Crippen LogP contribution in [-0.2, 0) is 0 Å². The molecule has 8 aromatic rings. The van der Waals surface area contributed by atoms with Crippen LogP contribution in [-0.4, -0.2) is 0 Å². The Labute approximate surface area is 249 Å². The molecule has 2 nitrogen and oxygen atoms in total. The number of benzene rings is 6. The lowest BCUT2D eigenvalue weighted by molar-refractivity contribution is 0.548. The van der Waals surface area contributed by atoms with Crippen molar-refractivity contribution in [1.82, 2.24) is 0 Å². The predicted molar refractivity (Wildman–Crippen MR) is 167 cm³/mol. The van der Waals surface area contributed by atoms with Crippen molar-refractivity contribution in [3.63, 3.8) is 0 Å². The number of thiophene rings is 1. The molecule has 2 heterocycles. The molecule has 2 aromatic heterocycles. The monoisotopic (exact) mass is 576 g/mol. The second-order valence-electron chi connectivity index (χ2n) is 9.77. The molecule has 6 heteroatoms. The largest absolute Gasteiger partial charge is 0.454 e. The summed E-state index contributed by atoms with van der Waals surface area (Å²) < 4.78 is 94.6. The number of fused-ring (bicyclic) bond motifs is 7. The second kappa shape index (κ2) is 9.50. The highest BCUT2D eigenvalue weighted by Gasteiger charge is 2.24. The molecule has 0 aliphatic rings. The van der Waals surface area contributed by atoms with Crippen LogP contribution in [0, 0.1) is 17.5 Å². The van der Waals surface area contributed by atoms with Gasteiger partial charge in [0.1, 0.15) is 23.0 Å². The van der Waals surface area contributed by atoms with E-state index in [1.807, 2.05) is 54.6 Å². The fraction of sp³-hybridized carbons (Fsp3) is 0. The minimum absolute atomic E-state index is 0.123. The topological polar surface area (TPSA) is 16.4 Å². The lowest BCUT2D eigenvalue weighted by Gasteiger charge is -2.26. The third-order valence-electron chi connectivity index (χ3n) is 7.34. The van der Waals surface area contributed by atoms with E-state index >= 15 is 0 Å². The van der Waals surface area contributed by atoms with E-state index in [9.17, 15) is 13.2 Å². The quantitative estimate of drug-likeness (QED) is 0.207. The van der Waals surface area contributed by atoms with Gasteiger partial charge in [-0.25, -0.2) is 13.2 Å². The molecule has 0 saturated heterocycles. The van der Waals surface area contributed by atoms with Crippen molar-refractivity contribution in [2.45, 2.75) is 0 Å². The molecule has 0 unspecified atom stereocenters. The minimum Gasteiger partial charge on any atom is -0.454 e. The van der Waals surface area contributed by atoms with E-state index in [-0.39, 0.29) is 11.3 Å². The molecule has 0 atom stereocenters. The average molecular weight is 577 g/mol. The fourth-order valence-electron chi connectivity index (χ4n) is 5.55. The molecule has 0 bridgehead atoms. The van der Waals surface area contributed by atoms with E-state index in [0.29, 0.717) is 34.7 Å². The lowest BCUT2D eigenvalue weighted by atomic mass is 10.0. The molecule has 8 rings (SSSR count). The smallest absolute Gasteiger partial charge is 0.160 e. The number of halogens is 3. The van der Waals surface area contributed by atoms with Crippen LogP contribution in [0.2, 0.25) is 0 Å². The Morgan fingerprint density at radius 2 is 1.38 bits per heavy atom. The zero-order chi connectivity index (χ0) is 32.7. The van der Waals surface area contributed by atoms with Crippen LogP contribution in [0.25, 0.3) is 53.2 Å². The van der Waals surface area contributed by atoms with Gasteiger partial charge in [0.05, 0.1) is 18.1 Å². The van der Waals surface area contributed by atoms with Crippen LogP contribution >= 0.6 is 11.3 Å². The number of nitrogens with zero attached hydrogens (tertiary/aromatic N) is 1. The van der Waals surface area contributed by atoms with Crippen LogP contribution < -0.4 is 4.90 Å². The highest BCUT2D eigenvalue weighted by Crippen LogP contribution is 2.49. The first-order valence-electron chi connectivity index (χ1n) is 15.5. The Morgan fingerprint density at radius 1 is 0.690 bits per heavy atom. The lowest BCUT2D eigenvalue weighted by Crippen LogP contribution is -2.10. The van der Waals surface area contributed by atoms with Crippen LogP contribution in [0.4, 0.5) is 30.2 Å². The molecule has 0 spiro atoms. The maximum Gasteiger partial charge on any atom is 0.160 e. The Kier molecular flexibility index (Phi) is 4.50. The molecule has 6 aromatic carbocycles. The maximum absolute atomic E-state index is 14.7. The number of anilines is 3. The molecule has 202 valence electrons. The zero-order valence-corrected chi connectivity index (χ0v) is 22.4. The van der Waals surface area contributed by atoms with Gasteiger partial charge in [0, 0.05) is 54.5 Å². The van der Waals surface area contributed by atoms with Crippen molar-refractivity contribution in [3.8, 4) is 11.1 Å². The molecular formula is C36H20F3NOS. The average Bonchev–Trinajstić information content (AvgIpc) is 3.63. The molecule has 42 heavy (non-hydrogen) atoms. The standard InChI is InChI=1S/C36H20F3NOS/c37-22-18-28(38)33(29(39)19-22)21-14-16-24(17-15-21)40(23-8-2-1-3-9-23)30-20-27-25-10-5-7-13-32(25)42-36(27)34-26-11-4-6-12-31(26)41-35(30)34/h1-20H/i1D,2D,3D,8D,9D. The highest BCUT2D eigenvalue weighted by molar-refractivity contribution is 7.26. The van der Waals surface area contributed by atoms with Gasteiger partial charge in [0.15, 0.2) is 5.58 Å². The van der Waals surface area contributed by atoms with Gasteiger partial charge >= 0.3 is 0 Å². The van der Waals surface area contributed by atoms with Gasteiger partial charge in [-0.15, -0.1) is 11.3 Å². The molecular weight excluding hydrogens is 551 g/mol. The zero-order valence-electron chi connectivity index (χ0n) is 26.6. The summed E-state index contributed by atoms with van der Waals surface area (Å²) in [5.74, 6) is -3.19. The van der Waals surface area contributed by atoms with Gasteiger partial charge in [0.25, 0.3) is 0 Å². The van der Waals surface area contributed by atoms with E-state index in [4.69, 9.17) is 11.3 Å². The summed E-state index contributed by atoms with van der Waals surface area (Å²) in [6.07, 6.45) is 0. The normalized spacial score (nSPS) is 13.4. The molecule has 0 amide bonds. The van der Waals surface area contributed by atoms with E-state index in [2.05, 4.69) is 0 Å². The molecule has 0 aliphatic carbocycles. The van der Waals surface area contributed by atoms with E-state index in [0.717, 1.165) is 30.9 Å². The summed E-state index contributed by atoms with van der Waals surface area (Å²) in [6, 6.07) is 22.0. The Bertz CT molecular complexity index is 2530. The number of furan rings is 1. The fourth-order valence-corrected chi connectivity index (χ4v) is 6.79. The van der Waals surface area contributed by atoms with Crippen LogP contribution in [0.3, 0.4) is 0 Å². The Hall–Kier alpha value is -5.07. The molecule has 0 saturated carbocycles. The van der Waals surface area contributed by atoms with Crippen molar-refractivity contribution in [1.29, 1.82) is 0 Å². The molecule has 0 radical (unpaired) electrons. The van der Waals surface area contributed by atoms with Gasteiger partial charge in [0.2, 0.25) is 0 Å². The number of hydrogen-bond acceptors (Lipinski definition) is 3. The molecule has 0 aliphatic heterocycles. The van der Waals surface area contributed by atoms with Crippen molar-refractivity contribution in [2.75, 3.05) is 4.90 Å². The Morgan fingerprint density at radius 3 is 2.14 bits per heavy atom. The third-order valence-corrected chi connectivity index (χ3v) is 8.55. The van der Waals surface area contributed by atoms with Crippen LogP contribution in [0.5, 0.6) is 0 Å². The summed E-state index contributed by atoms with van der Waals surface area (Å²) in [7, 11) is 0. The van der Waals surface area contributed by atoms with Crippen molar-refractivity contribution in [2.24, 2.45) is 0 Å². The minimum atomic E-state index is -1.07. The van der Waals surface area contributed by atoms with Crippen molar-refractivity contribution < 1.29 is 24.4 Å². The predicted octanol–water partition coefficient (Wildman–Crippen LogP) is 11.5. The van der Waals surface area contributed by atoms with Gasteiger partial charge < -0.3 is 9.32 Å². The van der Waals surface area contributed by atoms with Gasteiger partial charge in [-0.3, -0.25) is 0 Å². The summed E-state index contributed by atoms with van der Waals surface area (Å²) in [4.78, 5) is 1.53. The number of rotatable bonds is 4. The molecule has 0 fully saturated rings. The first-order valence-corrected chi connectivity index (χ1v) is 13.8. The Balaban J connectivity index is 1.48. The van der Waals surface area contributed by atoms with Gasteiger partial charge in [-0.1, -0.05) is 66.7 Å². The first kappa shape index (κ1) is 19.9. The van der Waals surface area contributed by atoms with Crippen molar-refractivity contribution in [3.05, 3.63) is 139 Å². The summed E-state index contributed by atoms with van der Waals surface area (Å²) >= 11 is 1.60. The van der Waals surface area contributed by atoms with Crippen LogP contribution in [0.15, 0.2) is 126 Å². The maximum atomic E-state index is 14.7. The van der Waals surface area contributed by atoms with E-state index < -0.39 is 53.2 Å². The SMILES string of the molecule is [2H]c1c([2H])c([2H])c(N(c2ccc(-c3c(F)cc(F)cc3F)cc2)c2cc3c4ccccc4sc3c3c2oc2ccccc23)c([2H])c1[2H]. The van der Waals surface area contributed by atoms with Gasteiger partial charge in [-0.05, 0) is 48.0 Å². The molecule has 0 N–H and O–H groups in total. The van der Waals surface area contributed by atoms with E-state index in [1.54, 1.807) is 11.3 Å². The first-order chi connectivity index (χ1) is 22.6. The number of para-hydroxylation sites is 2. The number of hydrogen-bond donors (Lipinski definition) is 0. The van der Waals surface area contributed by atoms with Crippen LogP contribution in [0.1, 0.15) is 6.85 Å². The highest BCUT2D eigenvalue weighted by atomic mass is 32.1. The summed E-state index contributed by atoms with van der Waals surface area (Å²) in [5, 5.41) is 3.50. The second-order valence-corrected chi connectivity index (χ2v) is 10.8. The third kappa shape index (κ3) is 3.80.